The zero-order valence-electron chi connectivity index (χ0n) is 11.4. The molecule has 1 saturated heterocycles. The molecule has 3 nitrogen and oxygen atoms in total. The van der Waals surface area contributed by atoms with Crippen LogP contribution in [0.25, 0.3) is 0 Å². The Bertz CT molecular complexity index is 419. The second kappa shape index (κ2) is 6.92. The molecule has 2 rings (SSSR count). The lowest BCUT2D eigenvalue weighted by atomic mass is 10.0. The van der Waals surface area contributed by atoms with Gasteiger partial charge in [-0.2, -0.15) is 0 Å². The number of halogens is 1. The highest BCUT2D eigenvalue weighted by molar-refractivity contribution is 6.30. The molecule has 1 amide bonds. The Morgan fingerprint density at radius 3 is 2.79 bits per heavy atom. The third-order valence-corrected chi connectivity index (χ3v) is 3.94. The number of rotatable bonds is 4. The van der Waals surface area contributed by atoms with Crippen LogP contribution in [0.2, 0.25) is 5.02 Å². The van der Waals surface area contributed by atoms with Crippen molar-refractivity contribution in [3.8, 4) is 0 Å². The van der Waals surface area contributed by atoms with E-state index in [-0.39, 0.29) is 5.91 Å². The van der Waals surface area contributed by atoms with Crippen molar-refractivity contribution in [1.82, 2.24) is 10.2 Å². The van der Waals surface area contributed by atoms with Gasteiger partial charge in [0.2, 0.25) is 5.91 Å². The predicted octanol–water partition coefficient (Wildman–Crippen LogP) is 2.83. The molecule has 1 fully saturated rings. The van der Waals surface area contributed by atoms with Gasteiger partial charge in [0, 0.05) is 17.6 Å². The van der Waals surface area contributed by atoms with Crippen LogP contribution in [0.3, 0.4) is 0 Å². The van der Waals surface area contributed by atoms with E-state index in [1.165, 1.54) is 19.3 Å². The smallest absolute Gasteiger partial charge is 0.234 e. The summed E-state index contributed by atoms with van der Waals surface area (Å²) in [5.74, 6) is 0.101. The lowest BCUT2D eigenvalue weighted by molar-refractivity contribution is -0.123. The molecule has 0 aliphatic carbocycles. The van der Waals surface area contributed by atoms with Crippen molar-refractivity contribution in [1.29, 1.82) is 0 Å². The molecule has 1 aromatic carbocycles. The number of piperidine rings is 1. The zero-order valence-corrected chi connectivity index (χ0v) is 12.1. The van der Waals surface area contributed by atoms with Crippen LogP contribution in [-0.4, -0.2) is 29.9 Å². The van der Waals surface area contributed by atoms with E-state index in [4.69, 9.17) is 11.6 Å². The first-order valence-electron chi connectivity index (χ1n) is 6.90. The van der Waals surface area contributed by atoms with Gasteiger partial charge in [-0.15, -0.1) is 0 Å². The summed E-state index contributed by atoms with van der Waals surface area (Å²) in [6, 6.07) is 8.08. The van der Waals surface area contributed by atoms with Gasteiger partial charge in [0.25, 0.3) is 0 Å². The van der Waals surface area contributed by atoms with Crippen molar-refractivity contribution >= 4 is 17.5 Å². The lowest BCUT2D eigenvalue weighted by Gasteiger charge is -2.32. The third kappa shape index (κ3) is 4.51. The van der Waals surface area contributed by atoms with Crippen LogP contribution in [0.4, 0.5) is 0 Å². The minimum Gasteiger partial charge on any atom is -0.351 e. The van der Waals surface area contributed by atoms with Crippen molar-refractivity contribution < 1.29 is 4.79 Å². The normalized spacial score (nSPS) is 20.2. The van der Waals surface area contributed by atoms with Crippen LogP contribution >= 0.6 is 11.6 Å². The summed E-state index contributed by atoms with van der Waals surface area (Å²) in [6.45, 7) is 4.31. The number of carbonyl (C=O) groups excluding carboxylic acids is 1. The fraction of sp³-hybridized carbons (Fsp3) is 0.533. The monoisotopic (exact) mass is 280 g/mol. The maximum Gasteiger partial charge on any atom is 0.234 e. The summed E-state index contributed by atoms with van der Waals surface area (Å²) in [4.78, 5) is 14.2. The van der Waals surface area contributed by atoms with Crippen LogP contribution in [0.5, 0.6) is 0 Å². The van der Waals surface area contributed by atoms with E-state index >= 15 is 0 Å². The fourth-order valence-electron chi connectivity index (χ4n) is 2.44. The maximum atomic E-state index is 11.9. The molecule has 104 valence electrons. The molecule has 4 heteroatoms. The van der Waals surface area contributed by atoms with E-state index in [2.05, 4.69) is 17.1 Å². The van der Waals surface area contributed by atoms with E-state index in [1.807, 2.05) is 24.3 Å². The van der Waals surface area contributed by atoms with E-state index in [0.717, 1.165) is 17.1 Å². The van der Waals surface area contributed by atoms with Gasteiger partial charge >= 0.3 is 0 Å². The molecule has 0 aromatic heterocycles. The average molecular weight is 281 g/mol. The van der Waals surface area contributed by atoms with Crippen LogP contribution in [0.1, 0.15) is 31.7 Å². The van der Waals surface area contributed by atoms with Crippen molar-refractivity contribution in [2.75, 3.05) is 13.1 Å². The largest absolute Gasteiger partial charge is 0.351 e. The molecule has 0 radical (unpaired) electrons. The van der Waals surface area contributed by atoms with Gasteiger partial charge in [-0.1, -0.05) is 30.2 Å². The van der Waals surface area contributed by atoms with Gasteiger partial charge in [-0.05, 0) is 44.0 Å². The van der Waals surface area contributed by atoms with Gasteiger partial charge in [-0.25, -0.2) is 0 Å². The zero-order chi connectivity index (χ0) is 13.7. The summed E-state index contributed by atoms with van der Waals surface area (Å²) in [7, 11) is 0. The molecule has 1 heterocycles. The summed E-state index contributed by atoms with van der Waals surface area (Å²) in [5, 5.41) is 3.68. The average Bonchev–Trinajstić information content (AvgIpc) is 2.41. The number of carbonyl (C=O) groups is 1. The number of nitrogens with one attached hydrogen (secondary N) is 1. The number of hydrogen-bond acceptors (Lipinski definition) is 2. The van der Waals surface area contributed by atoms with Crippen molar-refractivity contribution in [2.24, 2.45) is 0 Å². The summed E-state index contributed by atoms with van der Waals surface area (Å²) < 4.78 is 0. The van der Waals surface area contributed by atoms with E-state index < -0.39 is 0 Å². The summed E-state index contributed by atoms with van der Waals surface area (Å²) >= 11 is 5.83. The number of nitrogens with zero attached hydrogens (tertiary/aromatic N) is 1. The Kier molecular flexibility index (Phi) is 5.23. The van der Waals surface area contributed by atoms with Gasteiger partial charge in [0.05, 0.1) is 6.54 Å². The van der Waals surface area contributed by atoms with Gasteiger partial charge in [0.15, 0.2) is 0 Å². The number of benzene rings is 1. The first-order valence-corrected chi connectivity index (χ1v) is 7.28. The molecule has 1 N–H and O–H groups in total. The number of hydrogen-bond donors (Lipinski definition) is 1. The highest BCUT2D eigenvalue weighted by atomic mass is 35.5. The molecular formula is C15H21ClN2O. The third-order valence-electron chi connectivity index (χ3n) is 3.69. The van der Waals surface area contributed by atoms with Crippen LogP contribution in [0.15, 0.2) is 24.3 Å². The second-order valence-electron chi connectivity index (χ2n) is 5.22. The molecular weight excluding hydrogens is 260 g/mol. The molecule has 0 spiro atoms. The molecule has 0 saturated carbocycles. The number of amides is 1. The molecule has 19 heavy (non-hydrogen) atoms. The SMILES string of the molecule is CC1CCCCN1CC(=O)NCc1ccc(Cl)cc1. The maximum absolute atomic E-state index is 11.9. The van der Waals surface area contributed by atoms with Crippen LogP contribution in [-0.2, 0) is 11.3 Å². The highest BCUT2D eigenvalue weighted by Gasteiger charge is 2.20. The topological polar surface area (TPSA) is 32.3 Å². The van der Waals surface area contributed by atoms with E-state index in [1.54, 1.807) is 0 Å². The van der Waals surface area contributed by atoms with Crippen molar-refractivity contribution in [2.45, 2.75) is 38.8 Å². The van der Waals surface area contributed by atoms with E-state index in [0.29, 0.717) is 19.1 Å². The summed E-state index contributed by atoms with van der Waals surface area (Å²) in [5.41, 5.74) is 1.07. The molecule has 0 bridgehead atoms. The van der Waals surface area contributed by atoms with Crippen molar-refractivity contribution in [3.63, 3.8) is 0 Å². The molecule has 1 atom stereocenters. The first kappa shape index (κ1) is 14.4. The Balaban J connectivity index is 1.76. The van der Waals surface area contributed by atoms with Crippen LogP contribution < -0.4 is 5.32 Å². The Labute approximate surface area is 119 Å². The van der Waals surface area contributed by atoms with Crippen molar-refractivity contribution in [3.05, 3.63) is 34.9 Å². The quantitative estimate of drug-likeness (QED) is 0.920. The fourth-order valence-corrected chi connectivity index (χ4v) is 2.56. The Morgan fingerprint density at radius 2 is 2.11 bits per heavy atom. The van der Waals surface area contributed by atoms with Gasteiger partial charge in [0.1, 0.15) is 0 Å². The summed E-state index contributed by atoms with van der Waals surface area (Å²) in [6.07, 6.45) is 3.68. The first-order chi connectivity index (χ1) is 9.15. The highest BCUT2D eigenvalue weighted by Crippen LogP contribution is 2.15. The van der Waals surface area contributed by atoms with Gasteiger partial charge in [-0.3, -0.25) is 9.69 Å². The molecule has 1 aromatic rings. The molecule has 1 unspecified atom stereocenters. The predicted molar refractivity (Wildman–Crippen MR) is 78.2 cm³/mol. The lowest BCUT2D eigenvalue weighted by Crippen LogP contribution is -2.44. The molecule has 1 aliphatic rings. The van der Waals surface area contributed by atoms with Gasteiger partial charge < -0.3 is 5.32 Å². The Hall–Kier alpha value is -1.06. The molecule has 1 aliphatic heterocycles. The van der Waals surface area contributed by atoms with Crippen LogP contribution in [0, 0.1) is 0 Å². The van der Waals surface area contributed by atoms with E-state index in [9.17, 15) is 4.79 Å². The minimum atomic E-state index is 0.101. The Morgan fingerprint density at radius 1 is 1.37 bits per heavy atom. The standard InChI is InChI=1S/C15H21ClN2O/c1-12-4-2-3-9-18(12)11-15(19)17-10-13-5-7-14(16)8-6-13/h5-8,12H,2-4,9-11H2,1H3,(H,17,19). The number of likely N-dealkylation sites (tertiary alicyclic amines) is 1. The minimum absolute atomic E-state index is 0.101. The second-order valence-corrected chi connectivity index (χ2v) is 5.65.